The fourth-order valence-electron chi connectivity index (χ4n) is 2.25. The van der Waals surface area contributed by atoms with Gasteiger partial charge in [-0.3, -0.25) is 4.68 Å². The molecule has 0 aliphatic heterocycles. The lowest BCUT2D eigenvalue weighted by atomic mass is 10.1. The Morgan fingerprint density at radius 2 is 2.14 bits per heavy atom. The highest BCUT2D eigenvalue weighted by Crippen LogP contribution is 2.22. The van der Waals surface area contributed by atoms with E-state index in [9.17, 15) is 4.39 Å². The molecule has 21 heavy (non-hydrogen) atoms. The number of rotatable bonds is 6. The summed E-state index contributed by atoms with van der Waals surface area (Å²) in [6.45, 7) is 7.07. The van der Waals surface area contributed by atoms with Crippen molar-refractivity contribution < 1.29 is 9.13 Å². The highest BCUT2D eigenvalue weighted by Gasteiger charge is 2.11. The van der Waals surface area contributed by atoms with Crippen LogP contribution in [0.5, 0.6) is 5.75 Å². The van der Waals surface area contributed by atoms with Gasteiger partial charge < -0.3 is 10.1 Å². The fourth-order valence-corrected chi connectivity index (χ4v) is 2.25. The normalized spacial score (nSPS) is 12.4. The molecule has 0 spiro atoms. The average molecular weight is 291 g/mol. The van der Waals surface area contributed by atoms with E-state index in [1.54, 1.807) is 12.1 Å². The maximum absolute atomic E-state index is 14.0. The molecule has 0 radical (unpaired) electrons. The van der Waals surface area contributed by atoms with Crippen LogP contribution in [-0.4, -0.2) is 16.8 Å². The van der Waals surface area contributed by atoms with Crippen molar-refractivity contribution in [3.63, 3.8) is 0 Å². The van der Waals surface area contributed by atoms with Gasteiger partial charge in [0.05, 0.1) is 11.4 Å². The van der Waals surface area contributed by atoms with Gasteiger partial charge in [0.2, 0.25) is 0 Å². The van der Waals surface area contributed by atoms with Gasteiger partial charge in [-0.05, 0) is 40.0 Å². The van der Waals surface area contributed by atoms with E-state index in [1.807, 2.05) is 38.6 Å². The standard InChI is InChI=1S/C16H22FN3O/c1-5-20-13(8-11(2)19-20)10-21-14-6-7-15(12(3)18-4)16(17)9-14/h6-9,12,18H,5,10H2,1-4H3. The Kier molecular flexibility index (Phi) is 4.96. The van der Waals surface area contributed by atoms with Gasteiger partial charge in [0.15, 0.2) is 0 Å². The van der Waals surface area contributed by atoms with Crippen LogP contribution in [0.1, 0.15) is 36.8 Å². The van der Waals surface area contributed by atoms with Gasteiger partial charge in [0.1, 0.15) is 18.2 Å². The van der Waals surface area contributed by atoms with Gasteiger partial charge >= 0.3 is 0 Å². The second kappa shape index (κ2) is 6.72. The molecule has 0 aliphatic rings. The van der Waals surface area contributed by atoms with Crippen molar-refractivity contribution in [1.82, 2.24) is 15.1 Å². The lowest BCUT2D eigenvalue weighted by molar-refractivity contribution is 0.290. The van der Waals surface area contributed by atoms with Crippen molar-refractivity contribution in [1.29, 1.82) is 0 Å². The SMILES string of the molecule is CCn1nc(C)cc1COc1ccc(C(C)NC)c(F)c1. The summed E-state index contributed by atoms with van der Waals surface area (Å²) in [5.41, 5.74) is 2.59. The largest absolute Gasteiger partial charge is 0.487 e. The third-order valence-corrected chi connectivity index (χ3v) is 3.54. The summed E-state index contributed by atoms with van der Waals surface area (Å²) in [5, 5.41) is 7.39. The van der Waals surface area contributed by atoms with Crippen LogP contribution in [0, 0.1) is 12.7 Å². The number of benzene rings is 1. The van der Waals surface area contributed by atoms with E-state index < -0.39 is 0 Å². The molecule has 1 atom stereocenters. The van der Waals surface area contributed by atoms with E-state index in [-0.39, 0.29) is 11.9 Å². The maximum atomic E-state index is 14.0. The molecule has 0 bridgehead atoms. The van der Waals surface area contributed by atoms with Gasteiger partial charge in [-0.2, -0.15) is 5.10 Å². The minimum absolute atomic E-state index is 0.0248. The molecule has 114 valence electrons. The van der Waals surface area contributed by atoms with Crippen LogP contribution in [0.15, 0.2) is 24.3 Å². The molecule has 0 aliphatic carbocycles. The van der Waals surface area contributed by atoms with Gasteiger partial charge in [-0.15, -0.1) is 0 Å². The van der Waals surface area contributed by atoms with E-state index >= 15 is 0 Å². The van der Waals surface area contributed by atoms with Crippen molar-refractivity contribution in [3.05, 3.63) is 47.0 Å². The predicted molar refractivity (Wildman–Crippen MR) is 80.8 cm³/mol. The summed E-state index contributed by atoms with van der Waals surface area (Å²) in [4.78, 5) is 0. The molecule has 4 nitrogen and oxygen atoms in total. The molecule has 1 aromatic heterocycles. The van der Waals surface area contributed by atoms with E-state index in [0.717, 1.165) is 17.9 Å². The van der Waals surface area contributed by atoms with Crippen LogP contribution in [-0.2, 0) is 13.2 Å². The van der Waals surface area contributed by atoms with Gasteiger partial charge in [-0.25, -0.2) is 4.39 Å². The van der Waals surface area contributed by atoms with Crippen molar-refractivity contribution in [2.45, 2.75) is 40.0 Å². The molecule has 0 saturated carbocycles. The summed E-state index contributed by atoms with van der Waals surface area (Å²) in [6.07, 6.45) is 0. The summed E-state index contributed by atoms with van der Waals surface area (Å²) < 4.78 is 21.6. The summed E-state index contributed by atoms with van der Waals surface area (Å²) in [7, 11) is 1.81. The second-order valence-electron chi connectivity index (χ2n) is 5.08. The molecule has 0 saturated heterocycles. The number of hydrogen-bond acceptors (Lipinski definition) is 3. The zero-order chi connectivity index (χ0) is 15.4. The first kappa shape index (κ1) is 15.5. The zero-order valence-electron chi connectivity index (χ0n) is 13.0. The van der Waals surface area contributed by atoms with Gasteiger partial charge in [-0.1, -0.05) is 6.07 Å². The van der Waals surface area contributed by atoms with Crippen LogP contribution < -0.4 is 10.1 Å². The second-order valence-corrected chi connectivity index (χ2v) is 5.08. The Morgan fingerprint density at radius 3 is 2.76 bits per heavy atom. The number of hydrogen-bond donors (Lipinski definition) is 1. The average Bonchev–Trinajstić information content (AvgIpc) is 2.84. The number of aromatic nitrogens is 2. The first-order chi connectivity index (χ1) is 10.0. The fraction of sp³-hybridized carbons (Fsp3) is 0.438. The smallest absolute Gasteiger partial charge is 0.131 e. The molecule has 5 heteroatoms. The zero-order valence-corrected chi connectivity index (χ0v) is 13.0. The minimum atomic E-state index is -0.255. The lowest BCUT2D eigenvalue weighted by Gasteiger charge is -2.13. The first-order valence-corrected chi connectivity index (χ1v) is 7.18. The van der Waals surface area contributed by atoms with Crippen molar-refractivity contribution in [2.24, 2.45) is 0 Å². The number of nitrogens with one attached hydrogen (secondary N) is 1. The maximum Gasteiger partial charge on any atom is 0.131 e. The highest BCUT2D eigenvalue weighted by atomic mass is 19.1. The Labute approximate surface area is 124 Å². The molecule has 2 aromatic rings. The van der Waals surface area contributed by atoms with E-state index in [1.165, 1.54) is 6.07 Å². The molecule has 0 fully saturated rings. The number of ether oxygens (including phenoxy) is 1. The van der Waals surface area contributed by atoms with E-state index in [2.05, 4.69) is 10.4 Å². The topological polar surface area (TPSA) is 39.1 Å². The van der Waals surface area contributed by atoms with Crippen molar-refractivity contribution in [3.8, 4) is 5.75 Å². The van der Waals surface area contributed by atoms with Crippen LogP contribution in [0.2, 0.25) is 0 Å². The Balaban J connectivity index is 2.08. The number of halogens is 1. The van der Waals surface area contributed by atoms with E-state index in [0.29, 0.717) is 17.9 Å². The molecule has 1 heterocycles. The van der Waals surface area contributed by atoms with Gasteiger partial charge in [0, 0.05) is 24.2 Å². The van der Waals surface area contributed by atoms with Crippen LogP contribution >= 0.6 is 0 Å². The number of aryl methyl sites for hydroxylation is 2. The van der Waals surface area contributed by atoms with E-state index in [4.69, 9.17) is 4.74 Å². The molecule has 1 aromatic carbocycles. The highest BCUT2D eigenvalue weighted by molar-refractivity contribution is 5.30. The number of nitrogens with zero attached hydrogens (tertiary/aromatic N) is 2. The van der Waals surface area contributed by atoms with Crippen LogP contribution in [0.3, 0.4) is 0 Å². The van der Waals surface area contributed by atoms with Crippen molar-refractivity contribution >= 4 is 0 Å². The molecule has 0 amide bonds. The molecular weight excluding hydrogens is 269 g/mol. The lowest BCUT2D eigenvalue weighted by Crippen LogP contribution is -2.14. The predicted octanol–water partition coefficient (Wildman–Crippen LogP) is 3.21. The summed E-state index contributed by atoms with van der Waals surface area (Å²) >= 11 is 0. The third-order valence-electron chi connectivity index (χ3n) is 3.54. The molecule has 1 N–H and O–H groups in total. The molecular formula is C16H22FN3O. The Morgan fingerprint density at radius 1 is 1.38 bits per heavy atom. The molecule has 2 rings (SSSR count). The van der Waals surface area contributed by atoms with Gasteiger partial charge in [0.25, 0.3) is 0 Å². The quantitative estimate of drug-likeness (QED) is 0.888. The minimum Gasteiger partial charge on any atom is -0.487 e. The monoisotopic (exact) mass is 291 g/mol. The third kappa shape index (κ3) is 3.61. The summed E-state index contributed by atoms with van der Waals surface area (Å²) in [5.74, 6) is 0.274. The first-order valence-electron chi connectivity index (χ1n) is 7.18. The van der Waals surface area contributed by atoms with Crippen LogP contribution in [0.4, 0.5) is 4.39 Å². The molecule has 1 unspecified atom stereocenters. The summed E-state index contributed by atoms with van der Waals surface area (Å²) in [6, 6.07) is 6.95. The van der Waals surface area contributed by atoms with Crippen LogP contribution in [0.25, 0.3) is 0 Å². The Bertz CT molecular complexity index is 610. The van der Waals surface area contributed by atoms with Crippen molar-refractivity contribution in [2.75, 3.05) is 7.05 Å². The Hall–Kier alpha value is -1.88.